The molecule has 2 heterocycles. The second-order valence-electron chi connectivity index (χ2n) is 9.78. The molecule has 2 aromatic carbocycles. The average molecular weight is 551 g/mol. The molecule has 1 N–H and O–H groups in total. The number of likely N-dealkylation sites (tertiary alicyclic amines) is 1. The first-order chi connectivity index (χ1) is 18.7. The highest BCUT2D eigenvalue weighted by Crippen LogP contribution is 2.23. The highest BCUT2D eigenvalue weighted by atomic mass is 32.2. The van der Waals surface area contributed by atoms with Crippen molar-refractivity contribution in [1.29, 1.82) is 0 Å². The SMILES string of the molecule is Cc1ccc(CN(Cc2ccc(/C=N/NC(=O)C(=O)N3CCCCCC3)o2)S(=O)(=O)c2ccc(C)cc2)cc1. The Bertz CT molecular complexity index is 1400. The second kappa shape index (κ2) is 12.9. The first-order valence-electron chi connectivity index (χ1n) is 13.1. The van der Waals surface area contributed by atoms with Crippen LogP contribution in [0.25, 0.3) is 0 Å². The summed E-state index contributed by atoms with van der Waals surface area (Å²) in [4.78, 5) is 26.4. The molecule has 1 saturated heterocycles. The number of rotatable bonds is 8. The number of carbonyl (C=O) groups excluding carboxylic acids is 2. The molecule has 2 amide bonds. The summed E-state index contributed by atoms with van der Waals surface area (Å²) in [6, 6.07) is 17.7. The van der Waals surface area contributed by atoms with Crippen LogP contribution in [0, 0.1) is 13.8 Å². The third kappa shape index (κ3) is 7.64. The van der Waals surface area contributed by atoms with Crippen LogP contribution in [0.3, 0.4) is 0 Å². The maximum Gasteiger partial charge on any atom is 0.329 e. The van der Waals surface area contributed by atoms with Gasteiger partial charge in [-0.1, -0.05) is 60.4 Å². The summed E-state index contributed by atoms with van der Waals surface area (Å²) in [6.07, 6.45) is 5.17. The first kappa shape index (κ1) is 28.3. The van der Waals surface area contributed by atoms with Gasteiger partial charge >= 0.3 is 11.8 Å². The lowest BCUT2D eigenvalue weighted by molar-refractivity contribution is -0.145. The molecular weight excluding hydrogens is 516 g/mol. The minimum atomic E-state index is -3.83. The van der Waals surface area contributed by atoms with E-state index in [2.05, 4.69) is 10.5 Å². The van der Waals surface area contributed by atoms with Gasteiger partial charge in [0.15, 0.2) is 0 Å². The fourth-order valence-corrected chi connectivity index (χ4v) is 5.72. The van der Waals surface area contributed by atoms with Gasteiger partial charge in [0, 0.05) is 19.6 Å². The minimum Gasteiger partial charge on any atom is -0.459 e. The number of benzene rings is 2. The van der Waals surface area contributed by atoms with Gasteiger partial charge in [-0.25, -0.2) is 13.8 Å². The molecule has 10 heteroatoms. The van der Waals surface area contributed by atoms with E-state index in [1.807, 2.05) is 38.1 Å². The summed E-state index contributed by atoms with van der Waals surface area (Å²) >= 11 is 0. The summed E-state index contributed by atoms with van der Waals surface area (Å²) in [7, 11) is -3.83. The predicted molar refractivity (Wildman–Crippen MR) is 148 cm³/mol. The van der Waals surface area contributed by atoms with Crippen molar-refractivity contribution >= 4 is 28.1 Å². The Balaban J connectivity index is 1.45. The Morgan fingerprint density at radius 1 is 0.897 bits per heavy atom. The number of sulfonamides is 1. The van der Waals surface area contributed by atoms with Crippen molar-refractivity contribution in [3.8, 4) is 0 Å². The lowest BCUT2D eigenvalue weighted by atomic mass is 10.1. The van der Waals surface area contributed by atoms with Crippen LogP contribution in [-0.4, -0.2) is 48.7 Å². The molecule has 9 nitrogen and oxygen atoms in total. The van der Waals surface area contributed by atoms with E-state index in [4.69, 9.17) is 4.42 Å². The van der Waals surface area contributed by atoms with Crippen LogP contribution in [0.4, 0.5) is 0 Å². The van der Waals surface area contributed by atoms with Gasteiger partial charge in [0.1, 0.15) is 11.5 Å². The van der Waals surface area contributed by atoms with E-state index in [1.165, 1.54) is 10.5 Å². The number of nitrogens with one attached hydrogen (secondary N) is 1. The van der Waals surface area contributed by atoms with Crippen molar-refractivity contribution in [1.82, 2.24) is 14.6 Å². The summed E-state index contributed by atoms with van der Waals surface area (Å²) in [5, 5.41) is 3.86. The molecule has 0 saturated carbocycles. The third-order valence-corrected chi connectivity index (χ3v) is 8.40. The van der Waals surface area contributed by atoms with Gasteiger partial charge < -0.3 is 9.32 Å². The predicted octanol–water partition coefficient (Wildman–Crippen LogP) is 4.14. The van der Waals surface area contributed by atoms with Crippen LogP contribution in [-0.2, 0) is 32.7 Å². The van der Waals surface area contributed by atoms with Crippen LogP contribution >= 0.6 is 0 Å². The molecule has 0 unspecified atom stereocenters. The molecule has 0 aliphatic carbocycles. The standard InChI is InChI=1S/C29H34N4O5S/c1-22-7-11-24(12-8-22)20-33(39(36,37)27-15-9-23(2)10-16-27)21-26-14-13-25(38-26)19-30-31-28(34)29(35)32-17-5-3-4-6-18-32/h7-16,19H,3-6,17-18,20-21H2,1-2H3,(H,31,34)/b30-19+. The zero-order valence-electron chi connectivity index (χ0n) is 22.3. The van der Waals surface area contributed by atoms with E-state index >= 15 is 0 Å². The Kier molecular flexibility index (Phi) is 9.32. The van der Waals surface area contributed by atoms with E-state index in [-0.39, 0.29) is 18.0 Å². The summed E-state index contributed by atoms with van der Waals surface area (Å²) in [6.45, 7) is 5.18. The number of nitrogens with zero attached hydrogens (tertiary/aromatic N) is 3. The number of hydrogen-bond acceptors (Lipinski definition) is 6. The van der Waals surface area contributed by atoms with E-state index in [0.29, 0.717) is 24.6 Å². The molecular formula is C29H34N4O5S. The zero-order valence-corrected chi connectivity index (χ0v) is 23.1. The van der Waals surface area contributed by atoms with E-state index in [9.17, 15) is 18.0 Å². The molecule has 1 aromatic heterocycles. The topological polar surface area (TPSA) is 112 Å². The fourth-order valence-electron chi connectivity index (χ4n) is 4.32. The molecule has 0 bridgehead atoms. The number of hydrazone groups is 1. The Hall–Kier alpha value is -3.76. The lowest BCUT2D eigenvalue weighted by Gasteiger charge is -2.21. The van der Waals surface area contributed by atoms with Crippen LogP contribution in [0.1, 0.15) is 53.9 Å². The molecule has 3 aromatic rings. The smallest absolute Gasteiger partial charge is 0.329 e. The number of amides is 2. The van der Waals surface area contributed by atoms with Crippen molar-refractivity contribution in [3.05, 3.63) is 88.9 Å². The van der Waals surface area contributed by atoms with E-state index in [0.717, 1.165) is 42.4 Å². The molecule has 0 spiro atoms. The second-order valence-corrected chi connectivity index (χ2v) is 11.7. The molecule has 39 heavy (non-hydrogen) atoms. The van der Waals surface area contributed by atoms with Crippen LogP contribution in [0.5, 0.6) is 0 Å². The quantitative estimate of drug-likeness (QED) is 0.257. The summed E-state index contributed by atoms with van der Waals surface area (Å²) < 4.78 is 34.3. The number of aryl methyl sites for hydroxylation is 2. The van der Waals surface area contributed by atoms with Gasteiger partial charge in [-0.15, -0.1) is 0 Å². The van der Waals surface area contributed by atoms with E-state index < -0.39 is 21.8 Å². The zero-order chi connectivity index (χ0) is 27.8. The minimum absolute atomic E-state index is 0.00225. The van der Waals surface area contributed by atoms with E-state index in [1.54, 1.807) is 41.3 Å². The van der Waals surface area contributed by atoms with Gasteiger partial charge in [-0.2, -0.15) is 9.41 Å². The van der Waals surface area contributed by atoms with Crippen LogP contribution in [0.15, 0.2) is 75.1 Å². The van der Waals surface area contributed by atoms with Crippen molar-refractivity contribution in [2.45, 2.75) is 57.5 Å². The average Bonchev–Trinajstić information content (AvgIpc) is 3.19. The monoisotopic (exact) mass is 550 g/mol. The summed E-state index contributed by atoms with van der Waals surface area (Å²) in [5.74, 6) is -0.669. The molecule has 0 atom stereocenters. The molecule has 1 aliphatic heterocycles. The van der Waals surface area contributed by atoms with Crippen molar-refractivity contribution in [3.63, 3.8) is 0 Å². The maximum absolute atomic E-state index is 13.6. The Morgan fingerprint density at radius 3 is 2.15 bits per heavy atom. The van der Waals surface area contributed by atoms with Crippen LogP contribution < -0.4 is 5.43 Å². The number of hydrogen-bond donors (Lipinski definition) is 1. The lowest BCUT2D eigenvalue weighted by Crippen LogP contribution is -2.41. The largest absolute Gasteiger partial charge is 0.459 e. The Morgan fingerprint density at radius 2 is 1.51 bits per heavy atom. The van der Waals surface area contributed by atoms with Gasteiger partial charge in [0.2, 0.25) is 10.0 Å². The number of furan rings is 1. The van der Waals surface area contributed by atoms with Crippen molar-refractivity contribution in [2.75, 3.05) is 13.1 Å². The first-order valence-corrected chi connectivity index (χ1v) is 14.5. The van der Waals surface area contributed by atoms with Gasteiger partial charge in [-0.05, 0) is 56.5 Å². The fraction of sp³-hybridized carbons (Fsp3) is 0.345. The third-order valence-electron chi connectivity index (χ3n) is 6.60. The Labute approximate surface area is 229 Å². The molecule has 1 fully saturated rings. The molecule has 0 radical (unpaired) electrons. The molecule has 4 rings (SSSR count). The maximum atomic E-state index is 13.6. The van der Waals surface area contributed by atoms with Gasteiger partial charge in [0.05, 0.1) is 17.7 Å². The van der Waals surface area contributed by atoms with Crippen molar-refractivity contribution < 1.29 is 22.4 Å². The highest BCUT2D eigenvalue weighted by molar-refractivity contribution is 7.89. The van der Waals surface area contributed by atoms with Gasteiger partial charge in [-0.3, -0.25) is 9.59 Å². The van der Waals surface area contributed by atoms with Crippen molar-refractivity contribution in [2.24, 2.45) is 5.10 Å². The number of carbonyl (C=O) groups is 2. The van der Waals surface area contributed by atoms with Gasteiger partial charge in [0.25, 0.3) is 0 Å². The molecule has 1 aliphatic rings. The summed E-state index contributed by atoms with van der Waals surface area (Å²) in [5.41, 5.74) is 5.16. The molecule has 206 valence electrons. The normalized spacial score (nSPS) is 14.5. The van der Waals surface area contributed by atoms with Crippen LogP contribution in [0.2, 0.25) is 0 Å². The highest BCUT2D eigenvalue weighted by Gasteiger charge is 2.26.